The van der Waals surface area contributed by atoms with Crippen LogP contribution in [0.4, 0.5) is 0 Å². The summed E-state index contributed by atoms with van der Waals surface area (Å²) in [7, 11) is 1.07. The van der Waals surface area contributed by atoms with Gasteiger partial charge in [0.25, 0.3) is 0 Å². The summed E-state index contributed by atoms with van der Waals surface area (Å²) < 4.78 is 25.3. The Labute approximate surface area is 244 Å². The van der Waals surface area contributed by atoms with Crippen LogP contribution in [-0.4, -0.2) is 43.2 Å². The molecule has 0 spiro atoms. The normalized spacial score (nSPS) is 12.8. The number of methoxy groups -OCH3 is 2. The number of ether oxygens (including phenoxy) is 3. The summed E-state index contributed by atoms with van der Waals surface area (Å²) in [6, 6.07) is 11.9. The number of aromatic nitrogens is 2. The molecule has 0 fully saturated rings. The Hall–Kier alpha value is -3.21. The van der Waals surface area contributed by atoms with E-state index in [1.807, 2.05) is 25.1 Å². The highest BCUT2D eigenvalue weighted by atomic mass is 35.5. The molecule has 0 radical (unpaired) electrons. The van der Waals surface area contributed by atoms with Crippen molar-refractivity contribution in [3.8, 4) is 28.0 Å². The van der Waals surface area contributed by atoms with Crippen molar-refractivity contribution in [2.45, 2.75) is 52.9 Å². The second kappa shape index (κ2) is 11.3. The van der Waals surface area contributed by atoms with E-state index in [0.717, 1.165) is 22.9 Å². The van der Waals surface area contributed by atoms with Crippen molar-refractivity contribution in [2.75, 3.05) is 14.2 Å². The number of hydrogen-bond donors (Lipinski definition) is 1. The lowest BCUT2D eigenvalue weighted by Crippen LogP contribution is -2.38. The van der Waals surface area contributed by atoms with E-state index in [2.05, 4.69) is 38.8 Å². The number of hydrogen-bond acceptors (Lipinski definition) is 7. The fourth-order valence-corrected chi connectivity index (χ4v) is 9.70. The Bertz CT molecular complexity index is 1540. The quantitative estimate of drug-likeness (QED) is 0.183. The molecule has 0 bridgehead atoms. The van der Waals surface area contributed by atoms with E-state index in [0.29, 0.717) is 38.4 Å². The van der Waals surface area contributed by atoms with E-state index in [1.165, 1.54) is 0 Å². The molecule has 0 amide bonds. The summed E-state index contributed by atoms with van der Waals surface area (Å²) in [6.07, 6.45) is 1.10. The van der Waals surface area contributed by atoms with E-state index in [9.17, 15) is 9.90 Å². The first-order valence-corrected chi connectivity index (χ1v) is 17.1. The van der Waals surface area contributed by atoms with Gasteiger partial charge in [-0.15, -0.1) is 11.3 Å². The molecule has 0 aliphatic rings. The third-order valence-corrected chi connectivity index (χ3v) is 10.4. The highest BCUT2D eigenvalue weighted by Gasteiger charge is 2.32. The maximum atomic E-state index is 12.2. The van der Waals surface area contributed by atoms with Gasteiger partial charge in [-0.05, 0) is 37.5 Å². The van der Waals surface area contributed by atoms with Crippen LogP contribution in [-0.2, 0) is 0 Å². The molecule has 0 saturated heterocycles. The first-order chi connectivity index (χ1) is 18.7. The summed E-state index contributed by atoms with van der Waals surface area (Å²) >= 11 is 7.92. The number of carboxylic acids is 1. The molecule has 4 aromatic rings. The number of carbonyl (C=O) groups is 1. The monoisotopic (exact) mass is 602 g/mol. The zero-order valence-electron chi connectivity index (χ0n) is 24.0. The Morgan fingerprint density at radius 3 is 2.40 bits per heavy atom. The molecule has 2 aromatic carbocycles. The maximum Gasteiger partial charge on any atom is 0.349 e. The van der Waals surface area contributed by atoms with E-state index < -0.39 is 20.4 Å². The zero-order valence-corrected chi connectivity index (χ0v) is 26.6. The van der Waals surface area contributed by atoms with Crippen LogP contribution >= 0.6 is 22.9 Å². The minimum atomic E-state index is -2.06. The lowest BCUT2D eigenvalue weighted by Gasteiger charge is -2.31. The van der Waals surface area contributed by atoms with Crippen LogP contribution in [0.15, 0.2) is 42.7 Å². The number of halogens is 1. The molecule has 0 aliphatic carbocycles. The number of nitrogens with zero attached hydrogens (tertiary/aromatic N) is 2. The molecular weight excluding hydrogens is 568 g/mol. The molecule has 0 unspecified atom stereocenters. The van der Waals surface area contributed by atoms with Crippen molar-refractivity contribution in [3.63, 3.8) is 0 Å². The topological polar surface area (TPSA) is 92.0 Å². The van der Waals surface area contributed by atoms with Crippen LogP contribution in [0, 0.1) is 5.41 Å². The Kier molecular flexibility index (Phi) is 8.44. The largest absolute Gasteiger partial charge is 0.543 e. The van der Waals surface area contributed by atoms with Gasteiger partial charge in [0.05, 0.1) is 30.3 Å². The maximum absolute atomic E-state index is 12.2. The number of rotatable bonds is 10. The SMILES string of the molecule is COc1cc2ncn(-c3cc(O[C@H](C)c4cccc(O[Si](C)(C)CC(C)(C)C)c4Cl)c(C(=O)O)s3)c2cc1OC. The van der Waals surface area contributed by atoms with Crippen molar-refractivity contribution in [1.82, 2.24) is 9.55 Å². The van der Waals surface area contributed by atoms with Crippen LogP contribution in [0.1, 0.15) is 49.0 Å². The van der Waals surface area contributed by atoms with Gasteiger partial charge in [-0.2, -0.15) is 0 Å². The van der Waals surface area contributed by atoms with Crippen LogP contribution < -0.4 is 18.6 Å². The number of fused-ring (bicyclic) bond motifs is 1. The number of aromatic carboxylic acids is 1. The first kappa shape index (κ1) is 29.8. The fourth-order valence-electron chi connectivity index (χ4n) is 5.01. The Balaban J connectivity index is 1.65. The van der Waals surface area contributed by atoms with Gasteiger partial charge in [-0.1, -0.05) is 44.5 Å². The van der Waals surface area contributed by atoms with Gasteiger partial charge in [0.1, 0.15) is 28.9 Å². The molecule has 1 atom stereocenters. The molecule has 0 saturated carbocycles. The van der Waals surface area contributed by atoms with E-state index >= 15 is 0 Å². The van der Waals surface area contributed by atoms with Crippen LogP contribution in [0.2, 0.25) is 24.2 Å². The third-order valence-electron chi connectivity index (χ3n) is 6.25. The van der Waals surface area contributed by atoms with Crippen LogP contribution in [0.3, 0.4) is 0 Å². The van der Waals surface area contributed by atoms with E-state index in [4.69, 9.17) is 30.2 Å². The van der Waals surface area contributed by atoms with Crippen molar-refractivity contribution in [3.05, 3.63) is 58.2 Å². The Morgan fingerprint density at radius 2 is 1.77 bits per heavy atom. The lowest BCUT2D eigenvalue weighted by molar-refractivity contribution is 0.0695. The first-order valence-electron chi connectivity index (χ1n) is 12.8. The minimum Gasteiger partial charge on any atom is -0.543 e. The van der Waals surface area contributed by atoms with Gasteiger partial charge in [0.15, 0.2) is 16.4 Å². The average molecular weight is 603 g/mol. The third kappa shape index (κ3) is 6.40. The second-order valence-electron chi connectivity index (χ2n) is 11.4. The lowest BCUT2D eigenvalue weighted by atomic mass is 10.0. The highest BCUT2D eigenvalue weighted by Crippen LogP contribution is 2.41. The van der Waals surface area contributed by atoms with E-state index in [-0.39, 0.29) is 16.0 Å². The van der Waals surface area contributed by atoms with Crippen LogP contribution in [0.25, 0.3) is 16.0 Å². The zero-order chi connectivity index (χ0) is 29.4. The number of carboxylic acid groups (broad SMARTS) is 1. The number of thiophene rings is 1. The summed E-state index contributed by atoms with van der Waals surface area (Å²) in [6.45, 7) is 12.8. The molecule has 1 N–H and O–H groups in total. The molecule has 11 heteroatoms. The van der Waals surface area contributed by atoms with Crippen molar-refractivity contribution in [2.24, 2.45) is 5.41 Å². The summed E-state index contributed by atoms with van der Waals surface area (Å²) in [5.74, 6) is 0.882. The smallest absolute Gasteiger partial charge is 0.349 e. The van der Waals surface area contributed by atoms with Gasteiger partial charge < -0.3 is 23.7 Å². The molecular formula is C29H35ClN2O6SSi. The van der Waals surface area contributed by atoms with Crippen molar-refractivity contribution in [1.29, 1.82) is 0 Å². The predicted molar refractivity (Wildman–Crippen MR) is 162 cm³/mol. The fraction of sp³-hybridized carbons (Fsp3) is 0.379. The molecule has 2 aromatic heterocycles. The van der Waals surface area contributed by atoms with Gasteiger partial charge in [0, 0.05) is 23.8 Å². The summed E-state index contributed by atoms with van der Waals surface area (Å²) in [5.41, 5.74) is 2.28. The average Bonchev–Trinajstić information content (AvgIpc) is 3.46. The standard InChI is InChI=1S/C29H35ClN2O6SSi/c1-17(18-10-9-11-21(26(18)30)38-40(7,8)15-29(2,3)4)37-24-14-25(39-27(24)28(33)34)32-16-31-19-12-22(35-5)23(36-6)13-20(19)32/h9-14,16-17H,15H2,1-8H3,(H,33,34)/t17-/m1/s1. The van der Waals surface area contributed by atoms with E-state index in [1.54, 1.807) is 43.3 Å². The van der Waals surface area contributed by atoms with Crippen LogP contribution in [0.5, 0.6) is 23.0 Å². The van der Waals surface area contributed by atoms with Crippen molar-refractivity contribution >= 4 is 48.3 Å². The Morgan fingerprint density at radius 1 is 1.10 bits per heavy atom. The van der Waals surface area contributed by atoms with Gasteiger partial charge >= 0.3 is 5.97 Å². The summed E-state index contributed by atoms with van der Waals surface area (Å²) in [4.78, 5) is 16.7. The molecule has 4 rings (SSSR count). The second-order valence-corrected chi connectivity index (χ2v) is 16.9. The molecule has 214 valence electrons. The van der Waals surface area contributed by atoms with Gasteiger partial charge in [0.2, 0.25) is 8.32 Å². The minimum absolute atomic E-state index is 0.0754. The summed E-state index contributed by atoms with van der Waals surface area (Å²) in [5, 5.41) is 11.1. The highest BCUT2D eigenvalue weighted by molar-refractivity contribution is 7.16. The van der Waals surface area contributed by atoms with Gasteiger partial charge in [-0.25, -0.2) is 9.78 Å². The van der Waals surface area contributed by atoms with Gasteiger partial charge in [-0.3, -0.25) is 4.57 Å². The van der Waals surface area contributed by atoms with Crippen molar-refractivity contribution < 1.29 is 28.5 Å². The molecule has 0 aliphatic heterocycles. The number of imidazole rings is 1. The molecule has 2 heterocycles. The molecule has 8 nitrogen and oxygen atoms in total. The number of benzene rings is 2. The molecule has 40 heavy (non-hydrogen) atoms. The predicted octanol–water partition coefficient (Wildman–Crippen LogP) is 8.23.